The fourth-order valence-electron chi connectivity index (χ4n) is 2.31. The Hall–Kier alpha value is -2.32. The highest BCUT2D eigenvalue weighted by Gasteiger charge is 2.28. The molecule has 26 heavy (non-hydrogen) atoms. The van der Waals surface area contributed by atoms with Crippen LogP contribution in [0, 0.1) is 5.92 Å². The highest BCUT2D eigenvalue weighted by molar-refractivity contribution is 7.89. The number of sulfonamides is 1. The summed E-state index contributed by atoms with van der Waals surface area (Å²) in [6, 6.07) is 8.61. The van der Waals surface area contributed by atoms with Gasteiger partial charge in [0.25, 0.3) is 0 Å². The number of hydrogen-bond donors (Lipinski definition) is 2. The zero-order valence-corrected chi connectivity index (χ0v) is 15.9. The highest BCUT2D eigenvalue weighted by atomic mass is 32.2. The largest absolute Gasteiger partial charge is 0.494 e. The lowest BCUT2D eigenvalue weighted by Crippen LogP contribution is -2.49. The Morgan fingerprint density at radius 3 is 2.42 bits per heavy atom. The van der Waals surface area contributed by atoms with Gasteiger partial charge in [-0.3, -0.25) is 4.79 Å². The maximum absolute atomic E-state index is 12.6. The number of amides is 1. The lowest BCUT2D eigenvalue weighted by Gasteiger charge is -2.21. The van der Waals surface area contributed by atoms with Crippen LogP contribution in [0.2, 0.25) is 0 Å². The van der Waals surface area contributed by atoms with Crippen LogP contribution in [0.3, 0.4) is 0 Å². The topological polar surface area (TPSA) is 97.6 Å². The van der Waals surface area contributed by atoms with Gasteiger partial charge in [0.15, 0.2) is 0 Å². The minimum absolute atomic E-state index is 0.0745. The van der Waals surface area contributed by atoms with Crippen molar-refractivity contribution in [1.82, 2.24) is 10.0 Å². The fraction of sp³-hybridized carbons (Fsp3) is 0.389. The predicted octanol–water partition coefficient (Wildman–Crippen LogP) is 2.30. The van der Waals surface area contributed by atoms with Gasteiger partial charge < -0.3 is 14.5 Å². The van der Waals surface area contributed by atoms with E-state index in [1.165, 1.54) is 18.4 Å². The van der Waals surface area contributed by atoms with Crippen LogP contribution in [0.1, 0.15) is 26.5 Å². The number of benzene rings is 1. The molecule has 1 atom stereocenters. The van der Waals surface area contributed by atoms with Gasteiger partial charge in [0.05, 0.1) is 24.3 Å². The molecule has 0 fully saturated rings. The number of carbonyl (C=O) groups is 1. The van der Waals surface area contributed by atoms with E-state index in [4.69, 9.17) is 9.15 Å². The van der Waals surface area contributed by atoms with E-state index in [-0.39, 0.29) is 17.4 Å². The van der Waals surface area contributed by atoms with Crippen LogP contribution in [0.15, 0.2) is 52.0 Å². The zero-order chi connectivity index (χ0) is 19.2. The third kappa shape index (κ3) is 5.34. The third-order valence-corrected chi connectivity index (χ3v) is 5.15. The van der Waals surface area contributed by atoms with Crippen molar-refractivity contribution in [3.63, 3.8) is 0 Å². The van der Waals surface area contributed by atoms with Crippen LogP contribution in [-0.2, 0) is 21.4 Å². The van der Waals surface area contributed by atoms with Crippen molar-refractivity contribution < 1.29 is 22.4 Å². The summed E-state index contributed by atoms with van der Waals surface area (Å²) in [7, 11) is -3.84. The van der Waals surface area contributed by atoms with E-state index in [1.54, 1.807) is 38.1 Å². The van der Waals surface area contributed by atoms with Crippen LogP contribution in [0.4, 0.5) is 0 Å². The molecule has 1 amide bonds. The minimum atomic E-state index is -3.84. The average Bonchev–Trinajstić information content (AvgIpc) is 3.12. The standard InChI is InChI=1S/C18H24N2O5S/c1-4-24-14-7-9-16(10-8-14)26(22,23)20-17(13(2)3)18(21)19-12-15-6-5-11-25-15/h5-11,13,17,20H,4,12H2,1-3H3,(H,19,21)/t17-/m1/s1. The van der Waals surface area contributed by atoms with E-state index in [9.17, 15) is 13.2 Å². The Kier molecular flexibility index (Phi) is 6.82. The average molecular weight is 380 g/mol. The molecule has 0 unspecified atom stereocenters. The molecule has 2 aromatic rings. The number of hydrogen-bond acceptors (Lipinski definition) is 5. The maximum Gasteiger partial charge on any atom is 0.241 e. The van der Waals surface area contributed by atoms with Crippen LogP contribution in [0.5, 0.6) is 5.75 Å². The number of nitrogens with one attached hydrogen (secondary N) is 2. The smallest absolute Gasteiger partial charge is 0.241 e. The summed E-state index contributed by atoms with van der Waals surface area (Å²) in [6.07, 6.45) is 1.51. The number of rotatable bonds is 9. The Balaban J connectivity index is 2.08. The van der Waals surface area contributed by atoms with Gasteiger partial charge in [-0.15, -0.1) is 0 Å². The van der Waals surface area contributed by atoms with Crippen LogP contribution in [0.25, 0.3) is 0 Å². The van der Waals surface area contributed by atoms with E-state index < -0.39 is 22.0 Å². The highest BCUT2D eigenvalue weighted by Crippen LogP contribution is 2.17. The van der Waals surface area contributed by atoms with Gasteiger partial charge in [0.2, 0.25) is 15.9 Å². The van der Waals surface area contributed by atoms with Crippen LogP contribution >= 0.6 is 0 Å². The van der Waals surface area contributed by atoms with E-state index >= 15 is 0 Å². The summed E-state index contributed by atoms with van der Waals surface area (Å²) in [5.74, 6) is 0.535. The molecule has 0 bridgehead atoms. The first-order chi connectivity index (χ1) is 12.3. The van der Waals surface area contributed by atoms with Crippen molar-refractivity contribution in [3.8, 4) is 5.75 Å². The molecular formula is C18H24N2O5S. The van der Waals surface area contributed by atoms with Crippen LogP contribution < -0.4 is 14.8 Å². The Morgan fingerprint density at radius 2 is 1.88 bits per heavy atom. The minimum Gasteiger partial charge on any atom is -0.494 e. The molecule has 8 heteroatoms. The molecule has 0 radical (unpaired) electrons. The normalized spacial score (nSPS) is 12.8. The van der Waals surface area contributed by atoms with Gasteiger partial charge in [-0.1, -0.05) is 13.8 Å². The molecule has 0 saturated heterocycles. The first-order valence-electron chi connectivity index (χ1n) is 8.38. The maximum atomic E-state index is 12.6. The predicted molar refractivity (Wildman–Crippen MR) is 97.1 cm³/mol. The summed E-state index contributed by atoms with van der Waals surface area (Å²) in [6.45, 7) is 6.09. The number of furan rings is 1. The SMILES string of the molecule is CCOc1ccc(S(=O)(=O)N[C@@H](C(=O)NCc2ccco2)C(C)C)cc1. The van der Waals surface area contributed by atoms with E-state index in [0.29, 0.717) is 18.1 Å². The van der Waals surface area contributed by atoms with Crippen LogP contribution in [-0.4, -0.2) is 27.0 Å². The molecule has 0 saturated carbocycles. The van der Waals surface area contributed by atoms with E-state index in [1.807, 2.05) is 6.92 Å². The molecule has 1 aromatic carbocycles. The molecule has 0 spiro atoms. The third-order valence-electron chi connectivity index (χ3n) is 3.69. The molecular weight excluding hydrogens is 356 g/mol. The van der Waals surface area contributed by atoms with Gasteiger partial charge in [-0.2, -0.15) is 4.72 Å². The lowest BCUT2D eigenvalue weighted by atomic mass is 10.1. The van der Waals surface area contributed by atoms with E-state index in [2.05, 4.69) is 10.0 Å². The van der Waals surface area contributed by atoms with Crippen molar-refractivity contribution in [1.29, 1.82) is 0 Å². The molecule has 2 N–H and O–H groups in total. The summed E-state index contributed by atoms with van der Waals surface area (Å²) in [4.78, 5) is 12.5. The molecule has 1 heterocycles. The molecule has 1 aromatic heterocycles. The zero-order valence-electron chi connectivity index (χ0n) is 15.1. The van der Waals surface area contributed by atoms with Crippen molar-refractivity contribution in [2.75, 3.05) is 6.61 Å². The number of ether oxygens (including phenoxy) is 1. The van der Waals surface area contributed by atoms with Crippen molar-refractivity contribution in [3.05, 3.63) is 48.4 Å². The quantitative estimate of drug-likeness (QED) is 0.696. The molecule has 2 rings (SSSR count). The second-order valence-electron chi connectivity index (χ2n) is 6.04. The van der Waals surface area contributed by atoms with Gasteiger partial charge in [0, 0.05) is 0 Å². The van der Waals surface area contributed by atoms with Gasteiger partial charge in [-0.05, 0) is 49.2 Å². The summed E-state index contributed by atoms with van der Waals surface area (Å²) >= 11 is 0. The van der Waals surface area contributed by atoms with E-state index in [0.717, 1.165) is 0 Å². The Morgan fingerprint density at radius 1 is 1.19 bits per heavy atom. The Labute approximate surface area is 153 Å². The molecule has 0 aliphatic heterocycles. The Bertz CT molecular complexity index is 799. The van der Waals surface area contributed by atoms with Gasteiger partial charge >= 0.3 is 0 Å². The second kappa shape index (κ2) is 8.86. The lowest BCUT2D eigenvalue weighted by molar-refractivity contribution is -0.123. The second-order valence-corrected chi connectivity index (χ2v) is 7.76. The fourth-order valence-corrected chi connectivity index (χ4v) is 3.65. The van der Waals surface area contributed by atoms with Gasteiger partial charge in [0.1, 0.15) is 17.6 Å². The summed E-state index contributed by atoms with van der Waals surface area (Å²) in [5, 5.41) is 2.69. The van der Waals surface area contributed by atoms with Crippen molar-refractivity contribution >= 4 is 15.9 Å². The molecule has 0 aliphatic rings. The summed E-state index contributed by atoms with van der Waals surface area (Å²) in [5.41, 5.74) is 0. The molecule has 7 nitrogen and oxygen atoms in total. The first kappa shape index (κ1) is 20.0. The number of carbonyl (C=O) groups excluding carboxylic acids is 1. The monoisotopic (exact) mass is 380 g/mol. The summed E-state index contributed by atoms with van der Waals surface area (Å²) < 4.78 is 38.2. The van der Waals surface area contributed by atoms with Gasteiger partial charge in [-0.25, -0.2) is 8.42 Å². The molecule has 142 valence electrons. The van der Waals surface area contributed by atoms with Crippen molar-refractivity contribution in [2.24, 2.45) is 5.92 Å². The molecule has 0 aliphatic carbocycles. The first-order valence-corrected chi connectivity index (χ1v) is 9.87. The van der Waals surface area contributed by atoms with Crippen molar-refractivity contribution in [2.45, 2.75) is 38.3 Å².